The molecule has 0 heterocycles. The summed E-state index contributed by atoms with van der Waals surface area (Å²) in [7, 11) is 0. The van der Waals surface area contributed by atoms with Crippen LogP contribution in [0.5, 0.6) is 0 Å². The zero-order valence-electron chi connectivity index (χ0n) is 40.6. The number of allylic oxidation sites excluding steroid dienone is 6. The fourth-order valence-corrected chi connectivity index (χ4v) is 7.04. The van der Waals surface area contributed by atoms with Crippen molar-refractivity contribution in [2.24, 2.45) is 0 Å². The number of hydrogen-bond acceptors (Lipinski definition) is 3. The second kappa shape index (κ2) is 62.5. The Kier molecular flexibility index (Phi) is 67.5. The molecule has 0 bridgehead atoms. The van der Waals surface area contributed by atoms with Crippen LogP contribution in [-0.2, 0) is 33.9 Å². The number of carbonyl (C=O) groups is 3. The fraction of sp³-hybridized carbons (Fsp3) is 0.833. The summed E-state index contributed by atoms with van der Waals surface area (Å²) in [6, 6.07) is 0. The summed E-state index contributed by atoms with van der Waals surface area (Å²) in [5.74, 6) is -1.99. The third-order valence-electron chi connectivity index (χ3n) is 11.0. The van der Waals surface area contributed by atoms with Gasteiger partial charge in [0.1, 0.15) is 0 Å². The number of aliphatic carboxylic acids is 3. The largest absolute Gasteiger partial charge is 0.481 e. The number of hydrogen-bond donors (Lipinski definition) is 3. The van der Waals surface area contributed by atoms with Gasteiger partial charge in [0.25, 0.3) is 0 Å². The van der Waals surface area contributed by atoms with Crippen molar-refractivity contribution in [3.8, 4) is 0 Å². The first-order valence-corrected chi connectivity index (χ1v) is 25.9. The van der Waals surface area contributed by atoms with E-state index in [0.717, 1.165) is 38.5 Å². The average Bonchev–Trinajstić information content (AvgIpc) is 3.22. The fourth-order valence-electron chi connectivity index (χ4n) is 7.04. The number of carboxylic acids is 3. The van der Waals surface area contributed by atoms with Gasteiger partial charge < -0.3 is 15.3 Å². The topological polar surface area (TPSA) is 112 Å². The van der Waals surface area contributed by atoms with E-state index < -0.39 is 17.9 Å². The van der Waals surface area contributed by atoms with Crippen LogP contribution in [0.1, 0.15) is 290 Å². The van der Waals surface area contributed by atoms with Crippen LogP contribution < -0.4 is 0 Å². The Morgan fingerprint density at radius 3 is 0.574 bits per heavy atom. The zero-order chi connectivity index (χ0) is 44.7. The Morgan fingerprint density at radius 2 is 0.410 bits per heavy atom. The van der Waals surface area contributed by atoms with Crippen molar-refractivity contribution >= 4 is 17.9 Å². The molecule has 0 aliphatic heterocycles. The average molecular weight is 950 g/mol. The molecule has 0 saturated carbocycles. The van der Waals surface area contributed by atoms with Gasteiger partial charge in [-0.05, 0) is 96.3 Å². The first-order chi connectivity index (χ1) is 29.3. The Morgan fingerprint density at radius 1 is 0.262 bits per heavy atom. The van der Waals surface area contributed by atoms with Crippen molar-refractivity contribution in [1.82, 2.24) is 0 Å². The van der Waals surface area contributed by atoms with Crippen LogP contribution in [0, 0.1) is 0 Å². The molecule has 0 aromatic rings. The molecular weight excluding hydrogens is 847 g/mol. The molecule has 1 radical (unpaired) electrons. The normalized spacial score (nSPS) is 11.1. The molecule has 0 aliphatic carbocycles. The third kappa shape index (κ3) is 76.0. The molecular formula is C54H102O6Rh. The second-order valence-corrected chi connectivity index (χ2v) is 17.2. The molecule has 6 nitrogen and oxygen atoms in total. The zero-order valence-corrected chi connectivity index (χ0v) is 42.2. The molecule has 0 atom stereocenters. The molecule has 0 aromatic carbocycles. The van der Waals surface area contributed by atoms with E-state index in [0.29, 0.717) is 19.3 Å². The summed E-state index contributed by atoms with van der Waals surface area (Å²) in [6.07, 6.45) is 63.7. The molecule has 0 aliphatic rings. The second-order valence-electron chi connectivity index (χ2n) is 17.2. The van der Waals surface area contributed by atoms with Crippen molar-refractivity contribution in [3.05, 3.63) is 36.5 Å². The molecule has 363 valence electrons. The van der Waals surface area contributed by atoms with E-state index in [-0.39, 0.29) is 19.5 Å². The predicted octanol–water partition coefficient (Wildman–Crippen LogP) is 18.3. The van der Waals surface area contributed by atoms with E-state index in [2.05, 4.69) is 57.2 Å². The maximum absolute atomic E-state index is 10.3. The molecule has 0 saturated heterocycles. The van der Waals surface area contributed by atoms with Gasteiger partial charge in [0.15, 0.2) is 0 Å². The Labute approximate surface area is 392 Å². The van der Waals surface area contributed by atoms with Gasteiger partial charge in [0.2, 0.25) is 0 Å². The van der Waals surface area contributed by atoms with Gasteiger partial charge in [0.05, 0.1) is 0 Å². The van der Waals surface area contributed by atoms with E-state index in [1.807, 2.05) is 0 Å². The van der Waals surface area contributed by atoms with Gasteiger partial charge >= 0.3 is 17.9 Å². The van der Waals surface area contributed by atoms with E-state index in [1.165, 1.54) is 212 Å². The minimum Gasteiger partial charge on any atom is -0.481 e. The predicted molar refractivity (Wildman–Crippen MR) is 261 cm³/mol. The summed E-state index contributed by atoms with van der Waals surface area (Å²) in [6.45, 7) is 6.78. The van der Waals surface area contributed by atoms with Crippen LogP contribution >= 0.6 is 0 Å². The van der Waals surface area contributed by atoms with Crippen molar-refractivity contribution in [2.75, 3.05) is 0 Å². The van der Waals surface area contributed by atoms with Crippen LogP contribution in [0.2, 0.25) is 0 Å². The van der Waals surface area contributed by atoms with E-state index >= 15 is 0 Å². The third-order valence-corrected chi connectivity index (χ3v) is 11.0. The smallest absolute Gasteiger partial charge is 0.303 e. The van der Waals surface area contributed by atoms with Gasteiger partial charge in [-0.1, -0.05) is 211 Å². The van der Waals surface area contributed by atoms with Crippen LogP contribution in [0.3, 0.4) is 0 Å². The van der Waals surface area contributed by atoms with Crippen LogP contribution in [-0.4, -0.2) is 33.2 Å². The number of unbranched alkanes of at least 4 members (excludes halogenated alkanes) is 33. The van der Waals surface area contributed by atoms with E-state index in [9.17, 15) is 14.4 Å². The van der Waals surface area contributed by atoms with Crippen molar-refractivity contribution < 1.29 is 49.2 Å². The summed E-state index contributed by atoms with van der Waals surface area (Å²) in [4.78, 5) is 31.0. The molecule has 61 heavy (non-hydrogen) atoms. The summed E-state index contributed by atoms with van der Waals surface area (Å²) >= 11 is 0. The first-order valence-electron chi connectivity index (χ1n) is 25.9. The minimum absolute atomic E-state index is 0. The minimum atomic E-state index is -0.664. The molecule has 0 spiro atoms. The molecule has 0 fully saturated rings. The Hall–Kier alpha value is -1.75. The van der Waals surface area contributed by atoms with Gasteiger partial charge in [-0.3, -0.25) is 14.4 Å². The monoisotopic (exact) mass is 950 g/mol. The number of carboxylic acid groups (broad SMARTS) is 3. The maximum Gasteiger partial charge on any atom is 0.303 e. The van der Waals surface area contributed by atoms with Crippen molar-refractivity contribution in [3.63, 3.8) is 0 Å². The summed E-state index contributed by atoms with van der Waals surface area (Å²) < 4.78 is 0. The SMILES string of the molecule is CCCCCCCC/C=C\CCCCCCCC(=O)O.CCCCCCCC/C=C\CCCCCCCC(=O)O.CCCCCCCC/C=C\CCCCCCCC(=O)O.[Rh]. The van der Waals surface area contributed by atoms with Crippen molar-refractivity contribution in [1.29, 1.82) is 0 Å². The molecule has 0 amide bonds. The number of rotatable bonds is 45. The van der Waals surface area contributed by atoms with Crippen molar-refractivity contribution in [2.45, 2.75) is 290 Å². The molecule has 3 N–H and O–H groups in total. The first kappa shape index (κ1) is 65.9. The maximum atomic E-state index is 10.3. The molecule has 0 unspecified atom stereocenters. The standard InChI is InChI=1S/3C18H34O2.Rh/c3*1-2-3-4-5-6-7-8-9-10-11-12-13-14-15-16-17-18(19)20;/h3*9-10H,2-8,11-17H2,1H3,(H,19,20);/b3*10-9-;. The Bertz CT molecular complexity index is 827. The summed E-state index contributed by atoms with van der Waals surface area (Å²) in [5.41, 5.74) is 0. The quantitative estimate of drug-likeness (QED) is 0.0318. The van der Waals surface area contributed by atoms with E-state index in [1.54, 1.807) is 0 Å². The van der Waals surface area contributed by atoms with Gasteiger partial charge in [-0.15, -0.1) is 0 Å². The molecule has 0 rings (SSSR count). The van der Waals surface area contributed by atoms with Gasteiger partial charge in [0, 0.05) is 38.7 Å². The van der Waals surface area contributed by atoms with Crippen LogP contribution in [0.15, 0.2) is 36.5 Å². The molecule has 7 heteroatoms. The van der Waals surface area contributed by atoms with Gasteiger partial charge in [-0.25, -0.2) is 0 Å². The molecule has 0 aromatic heterocycles. The Balaban J connectivity index is -0.000000396. The van der Waals surface area contributed by atoms with Crippen LogP contribution in [0.4, 0.5) is 0 Å². The van der Waals surface area contributed by atoms with Crippen LogP contribution in [0.25, 0.3) is 0 Å². The van der Waals surface area contributed by atoms with Gasteiger partial charge in [-0.2, -0.15) is 0 Å². The van der Waals surface area contributed by atoms with E-state index in [4.69, 9.17) is 15.3 Å². The summed E-state index contributed by atoms with van der Waals surface area (Å²) in [5, 5.41) is 25.5.